The fourth-order valence-corrected chi connectivity index (χ4v) is 2.86. The van der Waals surface area contributed by atoms with E-state index in [1.807, 2.05) is 0 Å². The molecular formula is C12H15NO4S. The summed E-state index contributed by atoms with van der Waals surface area (Å²) in [4.78, 5) is 23.2. The Kier molecular flexibility index (Phi) is 3.98. The molecule has 1 aliphatic rings. The summed E-state index contributed by atoms with van der Waals surface area (Å²) in [6.45, 7) is 0. The Morgan fingerprint density at radius 2 is 2.11 bits per heavy atom. The molecule has 0 aromatic carbocycles. The van der Waals surface area contributed by atoms with E-state index >= 15 is 0 Å². The van der Waals surface area contributed by atoms with Crippen LogP contribution in [-0.4, -0.2) is 36.2 Å². The number of amides is 1. The zero-order valence-electron chi connectivity index (χ0n) is 10.0. The van der Waals surface area contributed by atoms with Gasteiger partial charge in [-0.25, -0.2) is 4.79 Å². The topological polar surface area (TPSA) is 75.6 Å². The van der Waals surface area contributed by atoms with Gasteiger partial charge in [-0.3, -0.25) is 4.79 Å². The van der Waals surface area contributed by atoms with Gasteiger partial charge in [-0.1, -0.05) is 0 Å². The molecule has 1 amide bonds. The number of hydrogen-bond donors (Lipinski definition) is 2. The smallest absolute Gasteiger partial charge is 0.345 e. The third-order valence-corrected chi connectivity index (χ3v) is 4.17. The summed E-state index contributed by atoms with van der Waals surface area (Å²) in [6.07, 6.45) is 2.89. The van der Waals surface area contributed by atoms with Crippen molar-refractivity contribution < 1.29 is 19.4 Å². The first-order valence-electron chi connectivity index (χ1n) is 5.77. The van der Waals surface area contributed by atoms with Gasteiger partial charge in [-0.15, -0.1) is 11.3 Å². The lowest BCUT2D eigenvalue weighted by Gasteiger charge is -2.11. The largest absolute Gasteiger partial charge is 0.477 e. The van der Waals surface area contributed by atoms with Crippen LogP contribution in [-0.2, 0) is 4.74 Å². The van der Waals surface area contributed by atoms with Crippen LogP contribution < -0.4 is 5.32 Å². The number of ether oxygens (including phenoxy) is 1. The van der Waals surface area contributed by atoms with Crippen molar-refractivity contribution in [3.05, 3.63) is 21.9 Å². The molecule has 1 fully saturated rings. The van der Waals surface area contributed by atoms with Crippen molar-refractivity contribution in [3.8, 4) is 0 Å². The van der Waals surface area contributed by atoms with E-state index < -0.39 is 5.97 Å². The van der Waals surface area contributed by atoms with Gasteiger partial charge < -0.3 is 15.2 Å². The van der Waals surface area contributed by atoms with Gasteiger partial charge in [-0.2, -0.15) is 0 Å². The van der Waals surface area contributed by atoms with Crippen molar-refractivity contribution >= 4 is 23.2 Å². The Balaban J connectivity index is 1.93. The zero-order chi connectivity index (χ0) is 13.1. The Bertz CT molecular complexity index is 457. The fraction of sp³-hybridized carbons (Fsp3) is 0.500. The van der Waals surface area contributed by atoms with Crippen molar-refractivity contribution in [1.82, 2.24) is 5.32 Å². The monoisotopic (exact) mass is 269 g/mol. The Morgan fingerprint density at radius 3 is 2.67 bits per heavy atom. The predicted molar refractivity (Wildman–Crippen MR) is 67.2 cm³/mol. The second-order valence-corrected chi connectivity index (χ2v) is 5.39. The van der Waals surface area contributed by atoms with Crippen LogP contribution in [0, 0.1) is 0 Å². The van der Waals surface area contributed by atoms with E-state index in [0.717, 1.165) is 30.6 Å². The highest BCUT2D eigenvalue weighted by Crippen LogP contribution is 2.23. The van der Waals surface area contributed by atoms with Gasteiger partial charge in [0, 0.05) is 13.2 Å². The van der Waals surface area contributed by atoms with Crippen LogP contribution >= 0.6 is 11.3 Å². The highest BCUT2D eigenvalue weighted by molar-refractivity contribution is 7.15. The van der Waals surface area contributed by atoms with E-state index in [1.54, 1.807) is 13.2 Å². The summed E-state index contributed by atoms with van der Waals surface area (Å²) in [5, 5.41) is 11.7. The molecule has 6 heteroatoms. The molecule has 2 N–H and O–H groups in total. The molecule has 2 atom stereocenters. The average molecular weight is 269 g/mol. The molecule has 1 aliphatic carbocycles. The van der Waals surface area contributed by atoms with Crippen molar-refractivity contribution in [2.45, 2.75) is 31.4 Å². The molecule has 2 unspecified atom stereocenters. The number of carbonyl (C=O) groups is 2. The average Bonchev–Trinajstić information content (AvgIpc) is 2.97. The molecule has 1 aromatic heterocycles. The zero-order valence-corrected chi connectivity index (χ0v) is 10.8. The van der Waals surface area contributed by atoms with E-state index in [-0.39, 0.29) is 22.9 Å². The van der Waals surface area contributed by atoms with Crippen LogP contribution in [0.3, 0.4) is 0 Å². The maximum atomic E-state index is 11.9. The van der Waals surface area contributed by atoms with Crippen LogP contribution in [0.2, 0.25) is 0 Å². The van der Waals surface area contributed by atoms with Crippen molar-refractivity contribution in [2.75, 3.05) is 7.11 Å². The van der Waals surface area contributed by atoms with Crippen molar-refractivity contribution in [3.63, 3.8) is 0 Å². The Morgan fingerprint density at radius 1 is 1.39 bits per heavy atom. The summed E-state index contributed by atoms with van der Waals surface area (Å²) in [6, 6.07) is 3.12. The minimum atomic E-state index is -1.00. The van der Waals surface area contributed by atoms with Gasteiger partial charge in [0.1, 0.15) is 4.88 Å². The molecule has 1 aromatic rings. The molecular weight excluding hydrogens is 254 g/mol. The molecule has 1 saturated carbocycles. The summed E-state index contributed by atoms with van der Waals surface area (Å²) in [5.41, 5.74) is 0. The number of hydrogen-bond acceptors (Lipinski definition) is 4. The molecule has 0 radical (unpaired) electrons. The second kappa shape index (κ2) is 5.49. The Hall–Kier alpha value is -1.40. The number of thiophene rings is 1. The van der Waals surface area contributed by atoms with Crippen LogP contribution in [0.5, 0.6) is 0 Å². The van der Waals surface area contributed by atoms with Crippen molar-refractivity contribution in [2.24, 2.45) is 0 Å². The number of nitrogens with one attached hydrogen (secondary N) is 1. The maximum absolute atomic E-state index is 11.9. The third kappa shape index (κ3) is 2.88. The van der Waals surface area contributed by atoms with E-state index in [4.69, 9.17) is 9.84 Å². The maximum Gasteiger partial charge on any atom is 0.345 e. The molecule has 5 nitrogen and oxygen atoms in total. The quantitative estimate of drug-likeness (QED) is 0.873. The highest BCUT2D eigenvalue weighted by Gasteiger charge is 2.26. The fourth-order valence-electron chi connectivity index (χ4n) is 2.12. The third-order valence-electron chi connectivity index (χ3n) is 3.09. The van der Waals surface area contributed by atoms with E-state index in [0.29, 0.717) is 4.88 Å². The SMILES string of the molecule is COC1CCC(NC(=O)c2ccc(C(=O)O)s2)C1. The number of rotatable bonds is 4. The second-order valence-electron chi connectivity index (χ2n) is 4.31. The van der Waals surface area contributed by atoms with Crippen LogP contribution in [0.15, 0.2) is 12.1 Å². The summed E-state index contributed by atoms with van der Waals surface area (Å²) in [7, 11) is 1.67. The lowest BCUT2D eigenvalue weighted by atomic mass is 10.2. The standard InChI is InChI=1S/C12H15NO4S/c1-17-8-3-2-7(6-8)13-11(14)9-4-5-10(18-9)12(15)16/h4-5,7-8H,2-3,6H2,1H3,(H,13,14)(H,15,16). The lowest BCUT2D eigenvalue weighted by Crippen LogP contribution is -2.32. The van der Waals surface area contributed by atoms with E-state index in [1.165, 1.54) is 6.07 Å². The number of carboxylic acid groups (broad SMARTS) is 1. The normalized spacial score (nSPS) is 22.9. The summed E-state index contributed by atoms with van der Waals surface area (Å²) < 4.78 is 5.24. The summed E-state index contributed by atoms with van der Waals surface area (Å²) in [5.74, 6) is -1.20. The number of aromatic carboxylic acids is 1. The first-order chi connectivity index (χ1) is 8.60. The van der Waals surface area contributed by atoms with Gasteiger partial charge in [0.05, 0.1) is 11.0 Å². The van der Waals surface area contributed by atoms with Crippen LogP contribution in [0.4, 0.5) is 0 Å². The molecule has 0 aliphatic heterocycles. The summed E-state index contributed by atoms with van der Waals surface area (Å²) >= 11 is 0.996. The van der Waals surface area contributed by atoms with E-state index in [9.17, 15) is 9.59 Å². The van der Waals surface area contributed by atoms with Crippen LogP contribution in [0.25, 0.3) is 0 Å². The molecule has 0 saturated heterocycles. The highest BCUT2D eigenvalue weighted by atomic mass is 32.1. The van der Waals surface area contributed by atoms with Gasteiger partial charge in [0.2, 0.25) is 0 Å². The van der Waals surface area contributed by atoms with Gasteiger partial charge >= 0.3 is 5.97 Å². The van der Waals surface area contributed by atoms with Gasteiger partial charge in [-0.05, 0) is 31.4 Å². The first-order valence-corrected chi connectivity index (χ1v) is 6.58. The molecule has 18 heavy (non-hydrogen) atoms. The van der Waals surface area contributed by atoms with Crippen LogP contribution in [0.1, 0.15) is 38.6 Å². The minimum Gasteiger partial charge on any atom is -0.477 e. The predicted octanol–water partition coefficient (Wildman–Crippen LogP) is 1.74. The number of methoxy groups -OCH3 is 1. The molecule has 98 valence electrons. The molecule has 0 bridgehead atoms. The van der Waals surface area contributed by atoms with Gasteiger partial charge in [0.15, 0.2) is 0 Å². The van der Waals surface area contributed by atoms with Crippen molar-refractivity contribution in [1.29, 1.82) is 0 Å². The molecule has 1 heterocycles. The Labute approximate surface area is 109 Å². The minimum absolute atomic E-state index is 0.123. The number of carbonyl (C=O) groups excluding carboxylic acids is 1. The van der Waals surface area contributed by atoms with E-state index in [2.05, 4.69) is 5.32 Å². The number of carboxylic acids is 1. The lowest BCUT2D eigenvalue weighted by molar-refractivity contribution is 0.0702. The molecule has 2 rings (SSSR count). The first kappa shape index (κ1) is 13.0. The molecule has 0 spiro atoms. The van der Waals surface area contributed by atoms with Gasteiger partial charge in [0.25, 0.3) is 5.91 Å².